The quantitative estimate of drug-likeness (QED) is 0.689. The summed E-state index contributed by atoms with van der Waals surface area (Å²) in [6, 6.07) is 6.84. The molecule has 7 heteroatoms. The molecule has 0 bridgehead atoms. The number of imide groups is 1. The summed E-state index contributed by atoms with van der Waals surface area (Å²) in [5.74, 6) is -1.26. The summed E-state index contributed by atoms with van der Waals surface area (Å²) in [7, 11) is 0. The summed E-state index contributed by atoms with van der Waals surface area (Å²) >= 11 is 0. The van der Waals surface area contributed by atoms with Crippen LogP contribution in [0.3, 0.4) is 0 Å². The minimum atomic E-state index is -0.329. The number of rotatable bonds is 7. The van der Waals surface area contributed by atoms with Crippen LogP contribution in [0.25, 0.3) is 0 Å². The number of nitrogens with one attached hydrogen (secondary N) is 2. The van der Waals surface area contributed by atoms with Crippen LogP contribution >= 0.6 is 0 Å². The Balaban J connectivity index is 1.60. The second-order valence-electron chi connectivity index (χ2n) is 7.95. The van der Waals surface area contributed by atoms with E-state index >= 15 is 0 Å². The van der Waals surface area contributed by atoms with E-state index in [1.807, 2.05) is 13.8 Å². The van der Waals surface area contributed by atoms with Crippen molar-refractivity contribution in [3.05, 3.63) is 29.8 Å². The van der Waals surface area contributed by atoms with Crippen molar-refractivity contribution in [1.82, 2.24) is 10.2 Å². The smallest absolute Gasteiger partial charge is 0.253 e. The Morgan fingerprint density at radius 2 is 1.72 bits per heavy atom. The van der Waals surface area contributed by atoms with E-state index in [0.29, 0.717) is 11.3 Å². The van der Waals surface area contributed by atoms with Crippen LogP contribution < -0.4 is 10.6 Å². The van der Waals surface area contributed by atoms with Crippen molar-refractivity contribution in [2.24, 2.45) is 11.8 Å². The zero-order valence-electron chi connectivity index (χ0n) is 17.1. The van der Waals surface area contributed by atoms with Gasteiger partial charge in [-0.05, 0) is 38.3 Å². The fourth-order valence-electron chi connectivity index (χ4n) is 4.07. The van der Waals surface area contributed by atoms with Crippen LogP contribution in [-0.2, 0) is 14.4 Å². The van der Waals surface area contributed by atoms with Crippen molar-refractivity contribution in [2.75, 3.05) is 11.9 Å². The SMILES string of the molecule is CCC(C)NC(=O)c1ccccc1NC(=O)CCN1C(=O)C2CCCCC2C1=O. The molecule has 1 aromatic rings. The van der Waals surface area contributed by atoms with Crippen molar-refractivity contribution in [3.63, 3.8) is 0 Å². The van der Waals surface area contributed by atoms with Crippen LogP contribution in [0.2, 0.25) is 0 Å². The number of carbonyl (C=O) groups excluding carboxylic acids is 4. The molecule has 1 aliphatic carbocycles. The molecule has 3 unspecified atom stereocenters. The van der Waals surface area contributed by atoms with Gasteiger partial charge in [0, 0.05) is 19.0 Å². The van der Waals surface area contributed by atoms with E-state index < -0.39 is 0 Å². The molecule has 1 saturated heterocycles. The Morgan fingerprint density at radius 1 is 1.10 bits per heavy atom. The van der Waals surface area contributed by atoms with Crippen LogP contribution in [-0.4, -0.2) is 41.1 Å². The Hall–Kier alpha value is -2.70. The van der Waals surface area contributed by atoms with Crippen LogP contribution in [0.5, 0.6) is 0 Å². The van der Waals surface area contributed by atoms with Gasteiger partial charge < -0.3 is 10.6 Å². The molecule has 1 heterocycles. The van der Waals surface area contributed by atoms with Crippen molar-refractivity contribution in [1.29, 1.82) is 0 Å². The first-order valence-electron chi connectivity index (χ1n) is 10.5. The van der Waals surface area contributed by atoms with Gasteiger partial charge in [0.25, 0.3) is 5.91 Å². The van der Waals surface area contributed by atoms with Crippen LogP contribution in [0.4, 0.5) is 5.69 Å². The third-order valence-corrected chi connectivity index (χ3v) is 5.93. The molecule has 2 fully saturated rings. The normalized spacial score (nSPS) is 22.2. The second kappa shape index (κ2) is 9.20. The van der Waals surface area contributed by atoms with Crippen molar-refractivity contribution < 1.29 is 19.2 Å². The second-order valence-corrected chi connectivity index (χ2v) is 7.95. The molecule has 1 aliphatic heterocycles. The highest BCUT2D eigenvalue weighted by molar-refractivity contribution is 6.06. The lowest BCUT2D eigenvalue weighted by atomic mass is 9.81. The average molecular weight is 399 g/mol. The molecule has 0 spiro atoms. The molecular formula is C22H29N3O4. The molecule has 0 aromatic heterocycles. The topological polar surface area (TPSA) is 95.6 Å². The van der Waals surface area contributed by atoms with E-state index in [9.17, 15) is 19.2 Å². The predicted molar refractivity (Wildman–Crippen MR) is 109 cm³/mol. The number of benzene rings is 1. The Bertz CT molecular complexity index is 783. The first-order valence-corrected chi connectivity index (χ1v) is 10.5. The third kappa shape index (κ3) is 4.66. The third-order valence-electron chi connectivity index (χ3n) is 5.93. The highest BCUT2D eigenvalue weighted by atomic mass is 16.2. The average Bonchev–Trinajstić information content (AvgIpc) is 2.97. The number of amides is 4. The van der Waals surface area contributed by atoms with Gasteiger partial charge in [0.05, 0.1) is 23.1 Å². The number of para-hydroxylation sites is 1. The summed E-state index contributed by atoms with van der Waals surface area (Å²) in [5, 5.41) is 5.64. The van der Waals surface area contributed by atoms with E-state index in [-0.39, 0.29) is 54.5 Å². The molecule has 1 aromatic carbocycles. The van der Waals surface area contributed by atoms with Gasteiger partial charge in [-0.3, -0.25) is 24.1 Å². The summed E-state index contributed by atoms with van der Waals surface area (Å²) < 4.78 is 0. The number of fused-ring (bicyclic) bond motifs is 1. The van der Waals surface area contributed by atoms with Crippen molar-refractivity contribution >= 4 is 29.3 Å². The van der Waals surface area contributed by atoms with Crippen molar-refractivity contribution in [3.8, 4) is 0 Å². The molecule has 2 aliphatic rings. The number of anilines is 1. The maximum absolute atomic E-state index is 12.5. The predicted octanol–water partition coefficient (Wildman–Crippen LogP) is 2.72. The molecule has 3 rings (SSSR count). The lowest BCUT2D eigenvalue weighted by Crippen LogP contribution is -2.34. The van der Waals surface area contributed by atoms with Crippen LogP contribution in [0, 0.1) is 11.8 Å². The first kappa shape index (κ1) is 21.0. The Labute approximate surface area is 171 Å². The van der Waals surface area contributed by atoms with E-state index in [1.54, 1.807) is 24.3 Å². The largest absolute Gasteiger partial charge is 0.350 e. The molecule has 2 N–H and O–H groups in total. The molecule has 4 amide bonds. The Kier molecular flexibility index (Phi) is 6.67. The van der Waals surface area contributed by atoms with E-state index in [0.717, 1.165) is 32.1 Å². The summed E-state index contributed by atoms with van der Waals surface area (Å²) in [6.07, 6.45) is 4.29. The lowest BCUT2D eigenvalue weighted by molar-refractivity contribution is -0.140. The number of hydrogen-bond acceptors (Lipinski definition) is 4. The minimum absolute atomic E-state index is 0.0121. The lowest BCUT2D eigenvalue weighted by Gasteiger charge is -2.19. The van der Waals surface area contributed by atoms with Gasteiger partial charge in [0.1, 0.15) is 0 Å². The molecule has 156 valence electrons. The van der Waals surface area contributed by atoms with Crippen molar-refractivity contribution in [2.45, 2.75) is 58.4 Å². The molecule has 29 heavy (non-hydrogen) atoms. The minimum Gasteiger partial charge on any atom is -0.350 e. The number of hydrogen-bond donors (Lipinski definition) is 2. The first-order chi connectivity index (χ1) is 13.9. The fourth-order valence-corrected chi connectivity index (χ4v) is 4.07. The number of likely N-dealkylation sites (tertiary alicyclic amines) is 1. The maximum Gasteiger partial charge on any atom is 0.253 e. The van der Waals surface area contributed by atoms with Gasteiger partial charge in [-0.2, -0.15) is 0 Å². The summed E-state index contributed by atoms with van der Waals surface area (Å²) in [4.78, 5) is 51.2. The highest BCUT2D eigenvalue weighted by Gasteiger charge is 2.47. The van der Waals surface area contributed by atoms with Gasteiger partial charge in [-0.1, -0.05) is 31.9 Å². The maximum atomic E-state index is 12.5. The zero-order chi connectivity index (χ0) is 21.0. The Morgan fingerprint density at radius 3 is 2.34 bits per heavy atom. The van der Waals surface area contributed by atoms with Crippen LogP contribution in [0.15, 0.2) is 24.3 Å². The zero-order valence-corrected chi connectivity index (χ0v) is 17.1. The molecule has 1 saturated carbocycles. The van der Waals surface area contributed by atoms with E-state index in [2.05, 4.69) is 10.6 Å². The van der Waals surface area contributed by atoms with E-state index in [4.69, 9.17) is 0 Å². The highest BCUT2D eigenvalue weighted by Crippen LogP contribution is 2.38. The summed E-state index contributed by atoms with van der Waals surface area (Å²) in [6.45, 7) is 3.98. The standard InChI is InChI=1S/C22H29N3O4/c1-3-14(2)23-20(27)17-10-6-7-11-18(17)24-19(26)12-13-25-21(28)15-8-4-5-9-16(15)22(25)29/h6-7,10-11,14-16H,3-5,8-9,12-13H2,1-2H3,(H,23,27)(H,24,26). The molecule has 0 radical (unpaired) electrons. The van der Waals surface area contributed by atoms with Gasteiger partial charge in [0.15, 0.2) is 0 Å². The van der Waals surface area contributed by atoms with E-state index in [1.165, 1.54) is 4.90 Å². The van der Waals surface area contributed by atoms with Crippen LogP contribution in [0.1, 0.15) is 62.7 Å². The summed E-state index contributed by atoms with van der Waals surface area (Å²) in [5.41, 5.74) is 0.812. The number of nitrogens with zero attached hydrogens (tertiary/aromatic N) is 1. The molecule has 3 atom stereocenters. The fraction of sp³-hybridized carbons (Fsp3) is 0.545. The monoisotopic (exact) mass is 399 g/mol. The molecule has 7 nitrogen and oxygen atoms in total. The van der Waals surface area contributed by atoms with Gasteiger partial charge in [0.2, 0.25) is 17.7 Å². The van der Waals surface area contributed by atoms with Gasteiger partial charge in [-0.25, -0.2) is 0 Å². The van der Waals surface area contributed by atoms with Gasteiger partial charge >= 0.3 is 0 Å². The molecular weight excluding hydrogens is 370 g/mol. The van der Waals surface area contributed by atoms with Gasteiger partial charge in [-0.15, -0.1) is 0 Å². The number of carbonyl (C=O) groups is 4.